The molecule has 2 N–H and O–H groups in total. The van der Waals surface area contributed by atoms with E-state index >= 15 is 0 Å². The third-order valence-corrected chi connectivity index (χ3v) is 4.21. The lowest BCUT2D eigenvalue weighted by atomic mass is 10.0. The van der Waals surface area contributed by atoms with Crippen LogP contribution < -0.4 is 10.6 Å². The Morgan fingerprint density at radius 3 is 2.83 bits per heavy atom. The Morgan fingerprint density at radius 2 is 2.17 bits per heavy atom. The van der Waals surface area contributed by atoms with Crippen molar-refractivity contribution >= 4 is 22.7 Å². The van der Waals surface area contributed by atoms with E-state index in [1.54, 1.807) is 19.4 Å². The molecule has 124 valence electrons. The summed E-state index contributed by atoms with van der Waals surface area (Å²) >= 11 is 1.17. The fourth-order valence-electron chi connectivity index (χ4n) is 2.34. The summed E-state index contributed by atoms with van der Waals surface area (Å²) in [6, 6.07) is 9.51. The van der Waals surface area contributed by atoms with E-state index in [2.05, 4.69) is 25.0 Å². The maximum Gasteiger partial charge on any atom is 0.321 e. The topological polar surface area (TPSA) is 84.7 Å². The van der Waals surface area contributed by atoms with Crippen LogP contribution in [0, 0.1) is 6.92 Å². The highest BCUT2D eigenvalue weighted by molar-refractivity contribution is 7.09. The molecule has 0 saturated heterocycles. The van der Waals surface area contributed by atoms with E-state index in [1.165, 1.54) is 11.5 Å². The van der Waals surface area contributed by atoms with Crippen LogP contribution in [-0.4, -0.2) is 24.9 Å². The minimum Gasteiger partial charge on any atom is -0.337 e. The summed E-state index contributed by atoms with van der Waals surface area (Å²) in [7, 11) is 0. The molecular formula is C16H18N6OS. The number of benzene rings is 1. The smallest absolute Gasteiger partial charge is 0.321 e. The number of hydrogen-bond donors (Lipinski definition) is 2. The zero-order chi connectivity index (χ0) is 16.8. The van der Waals surface area contributed by atoms with Crippen molar-refractivity contribution in [3.05, 3.63) is 60.4 Å². The molecule has 2 heterocycles. The fraction of sp³-hybridized carbons (Fsp3) is 0.250. The molecule has 0 unspecified atom stereocenters. The van der Waals surface area contributed by atoms with Crippen molar-refractivity contribution in [2.75, 3.05) is 5.32 Å². The number of aromatic nitrogens is 4. The maximum absolute atomic E-state index is 12.3. The van der Waals surface area contributed by atoms with Crippen molar-refractivity contribution in [2.24, 2.45) is 0 Å². The van der Waals surface area contributed by atoms with Gasteiger partial charge in [0, 0.05) is 30.5 Å². The van der Waals surface area contributed by atoms with Gasteiger partial charge >= 0.3 is 6.03 Å². The third-order valence-electron chi connectivity index (χ3n) is 3.49. The lowest BCUT2D eigenvalue weighted by molar-refractivity contribution is 0.247. The molecule has 3 aromatic rings. The molecule has 8 heteroatoms. The number of amides is 2. The Labute approximate surface area is 143 Å². The van der Waals surface area contributed by atoms with Crippen LogP contribution in [0.5, 0.6) is 0 Å². The van der Waals surface area contributed by atoms with E-state index in [0.717, 1.165) is 18.5 Å². The van der Waals surface area contributed by atoms with Gasteiger partial charge in [0.05, 0.1) is 12.4 Å². The number of aryl methyl sites for hydroxylation is 2. The number of nitrogens with one attached hydrogen (secondary N) is 2. The van der Waals surface area contributed by atoms with E-state index in [-0.39, 0.29) is 12.1 Å². The molecule has 2 amide bonds. The van der Waals surface area contributed by atoms with Crippen molar-refractivity contribution in [3.8, 4) is 0 Å². The number of hydrogen-bond acceptors (Lipinski definition) is 5. The fourth-order valence-corrected chi connectivity index (χ4v) is 2.91. The first-order valence-corrected chi connectivity index (χ1v) is 8.36. The second kappa shape index (κ2) is 7.69. The van der Waals surface area contributed by atoms with Gasteiger partial charge in [0.15, 0.2) is 0 Å². The molecule has 1 atom stereocenters. The summed E-state index contributed by atoms with van der Waals surface area (Å²) < 4.78 is 6.04. The first-order chi connectivity index (χ1) is 11.7. The van der Waals surface area contributed by atoms with Crippen molar-refractivity contribution in [3.63, 3.8) is 0 Å². The Hall–Kier alpha value is -2.74. The SMILES string of the molecule is Cc1nsc(NC(=O)N[C@H](CCn2ccnc2)c2ccccc2)n1. The highest BCUT2D eigenvalue weighted by Crippen LogP contribution is 2.18. The van der Waals surface area contributed by atoms with E-state index in [4.69, 9.17) is 0 Å². The van der Waals surface area contributed by atoms with E-state index < -0.39 is 0 Å². The van der Waals surface area contributed by atoms with Crippen LogP contribution in [0.25, 0.3) is 0 Å². The van der Waals surface area contributed by atoms with Crippen LogP contribution in [0.3, 0.4) is 0 Å². The Balaban J connectivity index is 1.65. The number of urea groups is 1. The molecule has 2 aromatic heterocycles. The van der Waals surface area contributed by atoms with E-state index in [0.29, 0.717) is 11.0 Å². The van der Waals surface area contributed by atoms with Gasteiger partial charge in [-0.2, -0.15) is 4.37 Å². The Morgan fingerprint density at radius 1 is 1.33 bits per heavy atom. The largest absolute Gasteiger partial charge is 0.337 e. The highest BCUT2D eigenvalue weighted by Gasteiger charge is 2.15. The summed E-state index contributed by atoms with van der Waals surface area (Å²) in [6.45, 7) is 2.55. The predicted molar refractivity (Wildman–Crippen MR) is 92.8 cm³/mol. The van der Waals surface area contributed by atoms with Crippen molar-refractivity contribution in [1.29, 1.82) is 0 Å². The van der Waals surface area contributed by atoms with Crippen LogP contribution in [0.2, 0.25) is 0 Å². The van der Waals surface area contributed by atoms with Gasteiger partial charge < -0.3 is 9.88 Å². The predicted octanol–water partition coefficient (Wildman–Crippen LogP) is 3.00. The molecule has 7 nitrogen and oxygen atoms in total. The van der Waals surface area contributed by atoms with Gasteiger partial charge in [-0.25, -0.2) is 14.8 Å². The van der Waals surface area contributed by atoms with Gasteiger partial charge in [0.25, 0.3) is 0 Å². The molecule has 0 bridgehead atoms. The van der Waals surface area contributed by atoms with Gasteiger partial charge in [-0.1, -0.05) is 30.3 Å². The summed E-state index contributed by atoms with van der Waals surface area (Å²) in [5, 5.41) is 6.23. The van der Waals surface area contributed by atoms with Crippen LogP contribution >= 0.6 is 11.5 Å². The average Bonchev–Trinajstić information content (AvgIpc) is 3.24. The minimum atomic E-state index is -0.286. The van der Waals surface area contributed by atoms with Crippen molar-refractivity contribution in [1.82, 2.24) is 24.2 Å². The molecule has 0 aliphatic heterocycles. The number of carbonyl (C=O) groups excluding carboxylic acids is 1. The average molecular weight is 342 g/mol. The normalized spacial score (nSPS) is 11.9. The monoisotopic (exact) mass is 342 g/mol. The maximum atomic E-state index is 12.3. The minimum absolute atomic E-state index is 0.109. The Kier molecular flexibility index (Phi) is 5.17. The molecule has 0 spiro atoms. The van der Waals surface area contributed by atoms with Crippen LogP contribution in [0.1, 0.15) is 23.9 Å². The third kappa shape index (κ3) is 4.39. The van der Waals surface area contributed by atoms with E-state index in [9.17, 15) is 4.79 Å². The van der Waals surface area contributed by atoms with Gasteiger partial charge in [0.1, 0.15) is 5.82 Å². The molecular weight excluding hydrogens is 324 g/mol. The zero-order valence-corrected chi connectivity index (χ0v) is 14.0. The molecule has 0 aliphatic rings. The highest BCUT2D eigenvalue weighted by atomic mass is 32.1. The molecule has 0 aliphatic carbocycles. The number of anilines is 1. The zero-order valence-electron chi connectivity index (χ0n) is 13.2. The van der Waals surface area contributed by atoms with Crippen molar-refractivity contribution in [2.45, 2.75) is 25.9 Å². The summed E-state index contributed by atoms with van der Waals surface area (Å²) in [5.74, 6) is 0.648. The van der Waals surface area contributed by atoms with Crippen molar-refractivity contribution < 1.29 is 4.79 Å². The molecule has 24 heavy (non-hydrogen) atoms. The number of imidazole rings is 1. The molecule has 0 fully saturated rings. The van der Waals surface area contributed by atoms with Crippen LogP contribution in [0.4, 0.5) is 9.93 Å². The van der Waals surface area contributed by atoms with Gasteiger partial charge in [0.2, 0.25) is 5.13 Å². The lowest BCUT2D eigenvalue weighted by Gasteiger charge is -2.19. The summed E-state index contributed by atoms with van der Waals surface area (Å²) in [5.41, 5.74) is 1.06. The second-order valence-corrected chi connectivity index (χ2v) is 6.05. The van der Waals surface area contributed by atoms with Gasteiger partial charge in [-0.15, -0.1) is 0 Å². The number of carbonyl (C=O) groups is 1. The first-order valence-electron chi connectivity index (χ1n) is 7.59. The molecule has 0 saturated carbocycles. The second-order valence-electron chi connectivity index (χ2n) is 5.30. The quantitative estimate of drug-likeness (QED) is 0.721. The van der Waals surface area contributed by atoms with Crippen LogP contribution in [0.15, 0.2) is 49.1 Å². The van der Waals surface area contributed by atoms with Crippen LogP contribution in [-0.2, 0) is 6.54 Å². The summed E-state index contributed by atoms with van der Waals surface area (Å²) in [6.07, 6.45) is 6.18. The Bertz CT molecular complexity index is 771. The van der Waals surface area contributed by atoms with Gasteiger partial charge in [-0.3, -0.25) is 5.32 Å². The number of nitrogens with zero attached hydrogens (tertiary/aromatic N) is 4. The summed E-state index contributed by atoms with van der Waals surface area (Å²) in [4.78, 5) is 20.4. The number of rotatable bonds is 6. The van der Waals surface area contributed by atoms with E-state index in [1.807, 2.05) is 41.1 Å². The lowest BCUT2D eigenvalue weighted by Crippen LogP contribution is -2.33. The van der Waals surface area contributed by atoms with Gasteiger partial charge in [-0.05, 0) is 18.9 Å². The molecule has 3 rings (SSSR count). The standard InChI is InChI=1S/C16H18N6OS/c1-12-18-16(24-21-12)20-15(23)19-14(13-5-3-2-4-6-13)7-9-22-10-8-17-11-22/h2-6,8,10-11,14H,7,9H2,1H3,(H2,18,19,20,21,23)/t14-/m1/s1. The molecule has 0 radical (unpaired) electrons. The first kappa shape index (κ1) is 16.1. The molecule has 1 aromatic carbocycles.